The lowest BCUT2D eigenvalue weighted by Gasteiger charge is -2.37. The predicted octanol–water partition coefficient (Wildman–Crippen LogP) is 4.83. The van der Waals surface area contributed by atoms with E-state index in [-0.39, 0.29) is 0 Å². The molecule has 2 aromatic heterocycles. The number of benzene rings is 1. The highest BCUT2D eigenvalue weighted by Crippen LogP contribution is 2.46. The Hall–Kier alpha value is -3.44. The maximum Gasteiger partial charge on any atom is 0.323 e. The van der Waals surface area contributed by atoms with Crippen LogP contribution in [-0.2, 0) is 17.9 Å². The SMILES string of the molecule is N=CN(CC(O)(c1ccc(F)cc1F)C(F)(F)c1ccc(Cc2ccc(Cl)nc2)cn1)N=N. The fourth-order valence-electron chi connectivity index (χ4n) is 3.20. The van der Waals surface area contributed by atoms with Crippen molar-refractivity contribution in [2.75, 3.05) is 6.54 Å². The molecule has 33 heavy (non-hydrogen) atoms. The van der Waals surface area contributed by atoms with Gasteiger partial charge in [0.1, 0.15) is 28.8 Å². The lowest BCUT2D eigenvalue weighted by atomic mass is 9.84. The number of hydrogen-bond acceptors (Lipinski definition) is 6. The second kappa shape index (κ2) is 9.59. The first-order valence-corrected chi connectivity index (χ1v) is 9.74. The zero-order chi connectivity index (χ0) is 24.2. The summed E-state index contributed by atoms with van der Waals surface area (Å²) in [5, 5.41) is 21.8. The van der Waals surface area contributed by atoms with E-state index in [1.165, 1.54) is 18.5 Å². The van der Waals surface area contributed by atoms with Crippen LogP contribution in [0.4, 0.5) is 17.6 Å². The molecule has 3 aromatic rings. The number of rotatable bonds is 9. The minimum absolute atomic E-state index is 0.303. The van der Waals surface area contributed by atoms with E-state index in [4.69, 9.17) is 22.5 Å². The maximum absolute atomic E-state index is 15.6. The van der Waals surface area contributed by atoms with Gasteiger partial charge in [0.2, 0.25) is 0 Å². The van der Waals surface area contributed by atoms with Crippen molar-refractivity contribution >= 4 is 17.9 Å². The minimum Gasteiger partial charge on any atom is -0.377 e. The monoisotopic (exact) mass is 480 g/mol. The molecule has 1 aromatic carbocycles. The van der Waals surface area contributed by atoms with Crippen LogP contribution >= 0.6 is 11.6 Å². The summed E-state index contributed by atoms with van der Waals surface area (Å²) in [4.78, 5) is 7.69. The van der Waals surface area contributed by atoms with Crippen LogP contribution in [0.15, 0.2) is 60.1 Å². The molecule has 0 fully saturated rings. The van der Waals surface area contributed by atoms with Gasteiger partial charge in [-0.1, -0.05) is 29.0 Å². The molecule has 172 valence electrons. The molecule has 3 rings (SSSR count). The molecule has 1 unspecified atom stereocenters. The molecule has 1 atom stereocenters. The Morgan fingerprint density at radius 2 is 1.73 bits per heavy atom. The second-order valence-corrected chi connectivity index (χ2v) is 7.49. The highest BCUT2D eigenvalue weighted by Gasteiger charge is 2.58. The predicted molar refractivity (Wildman–Crippen MR) is 111 cm³/mol. The quantitative estimate of drug-likeness (QED) is 0.102. The molecule has 0 aliphatic rings. The summed E-state index contributed by atoms with van der Waals surface area (Å²) in [6, 6.07) is 7.35. The van der Waals surface area contributed by atoms with Gasteiger partial charge in [-0.15, -0.1) is 0 Å². The third-order valence-corrected chi connectivity index (χ3v) is 5.13. The topological polar surface area (TPSA) is 109 Å². The normalized spacial score (nSPS) is 13.3. The van der Waals surface area contributed by atoms with Gasteiger partial charge in [-0.3, -0.25) is 10.4 Å². The van der Waals surface area contributed by atoms with E-state index in [1.54, 1.807) is 12.1 Å². The van der Waals surface area contributed by atoms with Gasteiger partial charge in [-0.05, 0) is 35.4 Å². The fraction of sp³-hybridized carbons (Fsp3) is 0.190. The molecule has 0 bridgehead atoms. The minimum atomic E-state index is -4.22. The van der Waals surface area contributed by atoms with E-state index in [0.717, 1.165) is 11.6 Å². The van der Waals surface area contributed by atoms with E-state index in [1.807, 2.05) is 0 Å². The summed E-state index contributed by atoms with van der Waals surface area (Å²) in [7, 11) is 0. The van der Waals surface area contributed by atoms with Gasteiger partial charge < -0.3 is 5.11 Å². The Labute approximate surface area is 190 Å². The van der Waals surface area contributed by atoms with Crippen LogP contribution in [0.3, 0.4) is 0 Å². The first-order valence-electron chi connectivity index (χ1n) is 9.37. The number of alkyl halides is 2. The Balaban J connectivity index is 2.00. The summed E-state index contributed by atoms with van der Waals surface area (Å²) in [5.41, 5.74) is 3.13. The Kier molecular flexibility index (Phi) is 7.04. The summed E-state index contributed by atoms with van der Waals surface area (Å²) >= 11 is 5.74. The van der Waals surface area contributed by atoms with Gasteiger partial charge in [0.05, 0.1) is 6.54 Å². The third kappa shape index (κ3) is 4.99. The number of pyridine rings is 2. The van der Waals surface area contributed by atoms with E-state index < -0.39 is 41.0 Å². The molecule has 0 aliphatic carbocycles. The van der Waals surface area contributed by atoms with Crippen LogP contribution in [0.25, 0.3) is 0 Å². The largest absolute Gasteiger partial charge is 0.377 e. The lowest BCUT2D eigenvalue weighted by molar-refractivity contribution is -0.204. The summed E-state index contributed by atoms with van der Waals surface area (Å²) in [6.45, 7) is -1.17. The van der Waals surface area contributed by atoms with Crippen LogP contribution in [0, 0.1) is 22.6 Å². The molecule has 0 amide bonds. The first-order chi connectivity index (χ1) is 15.6. The van der Waals surface area contributed by atoms with Crippen molar-refractivity contribution in [1.29, 1.82) is 10.9 Å². The lowest BCUT2D eigenvalue weighted by Crippen LogP contribution is -2.51. The molecule has 3 N–H and O–H groups in total. The summed E-state index contributed by atoms with van der Waals surface area (Å²) < 4.78 is 59.0. The van der Waals surface area contributed by atoms with Crippen molar-refractivity contribution in [3.8, 4) is 0 Å². The van der Waals surface area contributed by atoms with E-state index in [9.17, 15) is 13.9 Å². The maximum atomic E-state index is 15.6. The van der Waals surface area contributed by atoms with Crippen molar-refractivity contribution in [1.82, 2.24) is 15.0 Å². The van der Waals surface area contributed by atoms with Crippen molar-refractivity contribution < 1.29 is 22.7 Å². The van der Waals surface area contributed by atoms with Gasteiger partial charge in [-0.2, -0.15) is 14.3 Å². The molecular formula is C21H17ClF4N6O. The van der Waals surface area contributed by atoms with Crippen LogP contribution in [0.5, 0.6) is 0 Å². The van der Waals surface area contributed by atoms with Crippen molar-refractivity contribution in [2.24, 2.45) is 5.22 Å². The first kappa shape index (κ1) is 24.2. The van der Waals surface area contributed by atoms with Crippen molar-refractivity contribution in [3.63, 3.8) is 0 Å². The molecule has 0 radical (unpaired) electrons. The third-order valence-electron chi connectivity index (χ3n) is 4.91. The van der Waals surface area contributed by atoms with Crippen LogP contribution in [-0.4, -0.2) is 33.0 Å². The molecule has 12 heteroatoms. The molecular weight excluding hydrogens is 464 g/mol. The fourth-order valence-corrected chi connectivity index (χ4v) is 3.31. The van der Waals surface area contributed by atoms with Gasteiger partial charge in [-0.25, -0.2) is 18.8 Å². The molecule has 0 saturated heterocycles. The highest BCUT2D eigenvalue weighted by atomic mass is 35.5. The Morgan fingerprint density at radius 3 is 2.24 bits per heavy atom. The number of hydrogen-bond donors (Lipinski definition) is 3. The van der Waals surface area contributed by atoms with Crippen molar-refractivity contribution in [2.45, 2.75) is 17.9 Å². The Bertz CT molecular complexity index is 1140. The van der Waals surface area contributed by atoms with E-state index in [0.29, 0.717) is 46.7 Å². The second-order valence-electron chi connectivity index (χ2n) is 7.10. The molecule has 0 aliphatic heterocycles. The van der Waals surface area contributed by atoms with Crippen LogP contribution in [0.1, 0.15) is 22.4 Å². The van der Waals surface area contributed by atoms with E-state index >= 15 is 8.78 Å². The average Bonchev–Trinajstić information content (AvgIpc) is 2.79. The van der Waals surface area contributed by atoms with Crippen LogP contribution in [0.2, 0.25) is 5.15 Å². The number of aliphatic hydroxyl groups is 1. The number of nitrogens with zero attached hydrogens (tertiary/aromatic N) is 4. The van der Waals surface area contributed by atoms with E-state index in [2.05, 4.69) is 15.2 Å². The van der Waals surface area contributed by atoms with Crippen molar-refractivity contribution in [3.05, 3.63) is 94.0 Å². The standard InChI is InChI=1S/C21H17ClF4N6O/c22-19-6-2-14(10-30-19)7-13-1-5-18(29-9-13)21(25,26)20(33,11-32(12-27)31-28)16-4-3-15(23)8-17(16)24/h1-6,8-10,12,27-28,33H,7,11H2. The number of halogens is 5. The Morgan fingerprint density at radius 1 is 1.06 bits per heavy atom. The van der Waals surface area contributed by atoms with Crippen LogP contribution < -0.4 is 0 Å². The smallest absolute Gasteiger partial charge is 0.323 e. The zero-order valence-electron chi connectivity index (χ0n) is 16.8. The highest BCUT2D eigenvalue weighted by molar-refractivity contribution is 6.29. The zero-order valence-corrected chi connectivity index (χ0v) is 17.6. The average molecular weight is 481 g/mol. The summed E-state index contributed by atoms with van der Waals surface area (Å²) in [5.74, 6) is -6.69. The van der Waals surface area contributed by atoms with Gasteiger partial charge in [0.15, 0.2) is 5.60 Å². The summed E-state index contributed by atoms with van der Waals surface area (Å²) in [6.07, 6.45) is 3.42. The number of aromatic nitrogens is 2. The molecule has 0 spiro atoms. The molecule has 0 saturated carbocycles. The molecule has 7 nitrogen and oxygen atoms in total. The molecule has 2 heterocycles. The van der Waals surface area contributed by atoms with Gasteiger partial charge in [0, 0.05) is 30.4 Å². The van der Waals surface area contributed by atoms with Gasteiger partial charge >= 0.3 is 5.92 Å². The van der Waals surface area contributed by atoms with Gasteiger partial charge in [0.25, 0.3) is 0 Å². The number of nitrogens with one attached hydrogen (secondary N) is 2.